The van der Waals surface area contributed by atoms with Gasteiger partial charge in [-0.1, -0.05) is 55.4 Å². The fraction of sp³-hybridized carbons (Fsp3) is 0.975. The molecule has 5 aliphatic carbocycles. The van der Waals surface area contributed by atoms with Crippen molar-refractivity contribution in [2.24, 2.45) is 56.7 Å². The normalized spacial score (nSPS) is 51.1. The van der Waals surface area contributed by atoms with Crippen LogP contribution in [-0.2, 0) is 18.9 Å². The van der Waals surface area contributed by atoms with Gasteiger partial charge in [0.05, 0.1) is 24.9 Å². The van der Waals surface area contributed by atoms with Crippen molar-refractivity contribution in [1.82, 2.24) is 10.2 Å². The number of amides is 1. The number of nitrogens with zero attached hydrogens (tertiary/aromatic N) is 1. The first-order valence-corrected chi connectivity index (χ1v) is 20.0. The molecule has 0 aromatic rings. The van der Waals surface area contributed by atoms with Crippen molar-refractivity contribution >= 4 is 6.09 Å². The predicted octanol–water partition coefficient (Wildman–Crippen LogP) is 6.78. The van der Waals surface area contributed by atoms with Gasteiger partial charge in [0.2, 0.25) is 0 Å². The molecule has 13 unspecified atom stereocenters. The molecule has 2 N–H and O–H groups in total. The van der Waals surface area contributed by atoms with Crippen LogP contribution in [0, 0.1) is 56.7 Å². The van der Waals surface area contributed by atoms with Gasteiger partial charge in [0.25, 0.3) is 0 Å². The van der Waals surface area contributed by atoms with Crippen molar-refractivity contribution in [3.63, 3.8) is 0 Å². The zero-order chi connectivity index (χ0) is 34.1. The van der Waals surface area contributed by atoms with Gasteiger partial charge in [0, 0.05) is 31.6 Å². The second kappa shape index (κ2) is 11.3. The summed E-state index contributed by atoms with van der Waals surface area (Å²) in [6.07, 6.45) is 10.3. The molecule has 0 aromatic carbocycles. The number of morpholine rings is 1. The molecule has 3 saturated heterocycles. The van der Waals surface area contributed by atoms with E-state index >= 15 is 0 Å². The van der Waals surface area contributed by atoms with E-state index in [4.69, 9.17) is 18.9 Å². The lowest BCUT2D eigenvalue weighted by Crippen LogP contribution is -2.61. The highest BCUT2D eigenvalue weighted by Gasteiger charge is 2.86. The average molecular weight is 671 g/mol. The van der Waals surface area contributed by atoms with Gasteiger partial charge in [-0.15, -0.1) is 0 Å². The maximum absolute atomic E-state index is 13.1. The van der Waals surface area contributed by atoms with Crippen LogP contribution in [0.3, 0.4) is 0 Å². The van der Waals surface area contributed by atoms with Crippen molar-refractivity contribution in [1.29, 1.82) is 0 Å². The molecule has 0 radical (unpaired) electrons. The van der Waals surface area contributed by atoms with Crippen LogP contribution in [0.5, 0.6) is 0 Å². The van der Waals surface area contributed by atoms with Crippen molar-refractivity contribution in [2.75, 3.05) is 32.8 Å². The summed E-state index contributed by atoms with van der Waals surface area (Å²) in [5.74, 6) is 1.71. The first-order chi connectivity index (χ1) is 22.7. The lowest BCUT2D eigenvalue weighted by molar-refractivity contribution is -0.250. The van der Waals surface area contributed by atoms with Crippen molar-refractivity contribution in [2.45, 2.75) is 156 Å². The second-order valence-electron chi connectivity index (χ2n) is 19.5. The maximum Gasteiger partial charge on any atom is 0.410 e. The summed E-state index contributed by atoms with van der Waals surface area (Å²) >= 11 is 0. The van der Waals surface area contributed by atoms with Gasteiger partial charge in [-0.2, -0.15) is 0 Å². The standard InChI is InChI=1S/C40H66N2O6/c1-24(2)32(47-34(44)42-19-9-20-42)26-10-11-28-36(7)16-17-39-23-38(39)15-14-30(46-31-22-41-18-21-45-31)35(5,6)27(38)12-13-29(39)37(36,8)33(43)40(28,48-26)25(3)4/h24-33,41,43H,9-23H2,1-8H3. The Balaban J connectivity index is 1.08. The van der Waals surface area contributed by atoms with Gasteiger partial charge in [-0.05, 0) is 115 Å². The monoisotopic (exact) mass is 670 g/mol. The molecule has 3 heterocycles. The van der Waals surface area contributed by atoms with Crippen molar-refractivity contribution < 1.29 is 28.8 Å². The SMILES string of the molecule is CC(C)C(OC(=O)N1CCC1)C1CCC2C(C(C)C)(O1)C(O)C1(C)C3CCC4C(C)(C)C(OC5CNCCO5)CCC45CC35CCC21C. The number of ether oxygens (including phenoxy) is 4. The van der Waals surface area contributed by atoms with E-state index in [0.29, 0.717) is 22.7 Å². The quantitative estimate of drug-likeness (QED) is 0.322. The van der Waals surface area contributed by atoms with Crippen LogP contribution in [0.2, 0.25) is 0 Å². The molecule has 8 aliphatic rings. The number of likely N-dealkylation sites (tertiary alicyclic amines) is 1. The van der Waals surface area contributed by atoms with E-state index < -0.39 is 11.7 Å². The molecule has 48 heavy (non-hydrogen) atoms. The molecule has 2 spiro atoms. The van der Waals surface area contributed by atoms with Crippen LogP contribution < -0.4 is 5.32 Å². The number of hydrogen-bond donors (Lipinski definition) is 2. The second-order valence-corrected chi connectivity index (χ2v) is 19.5. The summed E-state index contributed by atoms with van der Waals surface area (Å²) < 4.78 is 26.4. The molecule has 8 heteroatoms. The molecule has 272 valence electrons. The van der Waals surface area contributed by atoms with E-state index in [0.717, 1.165) is 64.9 Å². The third-order valence-electron chi connectivity index (χ3n) is 17.1. The van der Waals surface area contributed by atoms with E-state index in [1.54, 1.807) is 0 Å². The fourth-order valence-electron chi connectivity index (χ4n) is 14.5. The highest BCUT2D eigenvalue weighted by molar-refractivity contribution is 5.68. The van der Waals surface area contributed by atoms with E-state index in [1.807, 2.05) is 4.90 Å². The Hall–Kier alpha value is -0.930. The topological polar surface area (TPSA) is 89.5 Å². The van der Waals surface area contributed by atoms with Gasteiger partial charge in [0.1, 0.15) is 11.7 Å². The van der Waals surface area contributed by atoms with Crippen LogP contribution in [-0.4, -0.2) is 85.2 Å². The number of carbonyl (C=O) groups excluding carboxylic acids is 1. The summed E-state index contributed by atoms with van der Waals surface area (Å²) in [5.41, 5.74) is -0.140. The van der Waals surface area contributed by atoms with Gasteiger partial charge in [0.15, 0.2) is 6.29 Å². The number of aliphatic hydroxyl groups excluding tert-OH is 1. The molecule has 8 fully saturated rings. The van der Waals surface area contributed by atoms with E-state index in [9.17, 15) is 9.90 Å². The predicted molar refractivity (Wildman–Crippen MR) is 184 cm³/mol. The number of fused-ring (bicyclic) bond motifs is 4. The van der Waals surface area contributed by atoms with Gasteiger partial charge < -0.3 is 34.3 Å². The lowest BCUT2D eigenvalue weighted by atomic mass is 9.41. The average Bonchev–Trinajstić information content (AvgIpc) is 3.66. The molecule has 8 nitrogen and oxygen atoms in total. The molecule has 8 rings (SSSR count). The summed E-state index contributed by atoms with van der Waals surface area (Å²) in [5, 5.41) is 16.6. The Kier molecular flexibility index (Phi) is 8.03. The summed E-state index contributed by atoms with van der Waals surface area (Å²) in [4.78, 5) is 14.9. The first kappa shape index (κ1) is 34.2. The maximum atomic E-state index is 13.1. The molecule has 5 saturated carbocycles. The van der Waals surface area contributed by atoms with Crippen LogP contribution >= 0.6 is 0 Å². The van der Waals surface area contributed by atoms with Gasteiger partial charge in [-0.3, -0.25) is 0 Å². The molecule has 0 bridgehead atoms. The smallest absolute Gasteiger partial charge is 0.410 e. The minimum Gasteiger partial charge on any atom is -0.443 e. The summed E-state index contributed by atoms with van der Waals surface area (Å²) in [6.45, 7) is 22.8. The van der Waals surface area contributed by atoms with E-state index in [-0.39, 0.29) is 64.7 Å². The Morgan fingerprint density at radius 3 is 2.27 bits per heavy atom. The summed E-state index contributed by atoms with van der Waals surface area (Å²) in [6, 6.07) is 0. The third-order valence-corrected chi connectivity index (χ3v) is 17.1. The number of hydrogen-bond acceptors (Lipinski definition) is 7. The van der Waals surface area contributed by atoms with Crippen LogP contribution in [0.1, 0.15) is 120 Å². The van der Waals surface area contributed by atoms with Crippen molar-refractivity contribution in [3.8, 4) is 0 Å². The van der Waals surface area contributed by atoms with Gasteiger partial charge >= 0.3 is 6.09 Å². The Bertz CT molecular complexity index is 1260. The lowest BCUT2D eigenvalue weighted by Gasteiger charge is -2.63. The van der Waals surface area contributed by atoms with Crippen LogP contribution in [0.25, 0.3) is 0 Å². The van der Waals surface area contributed by atoms with Crippen molar-refractivity contribution in [3.05, 3.63) is 0 Å². The largest absolute Gasteiger partial charge is 0.443 e. The third kappa shape index (κ3) is 4.28. The summed E-state index contributed by atoms with van der Waals surface area (Å²) in [7, 11) is 0. The number of nitrogens with one attached hydrogen (secondary N) is 1. The molecule has 13 atom stereocenters. The van der Waals surface area contributed by atoms with E-state index in [1.165, 1.54) is 32.1 Å². The minimum absolute atomic E-state index is 0.00300. The molecule has 1 amide bonds. The Morgan fingerprint density at radius 2 is 1.62 bits per heavy atom. The highest BCUT2D eigenvalue weighted by Crippen LogP contribution is 2.90. The zero-order valence-corrected chi connectivity index (χ0v) is 31.3. The molecule has 3 aliphatic heterocycles. The minimum atomic E-state index is -0.647. The molecular formula is C40H66N2O6. The van der Waals surface area contributed by atoms with Gasteiger partial charge in [-0.25, -0.2) is 4.79 Å². The number of aliphatic hydroxyl groups is 1. The number of rotatable bonds is 6. The van der Waals surface area contributed by atoms with Crippen LogP contribution in [0.15, 0.2) is 0 Å². The zero-order valence-electron chi connectivity index (χ0n) is 31.3. The molecular weight excluding hydrogens is 604 g/mol. The van der Waals surface area contributed by atoms with Crippen LogP contribution in [0.4, 0.5) is 4.79 Å². The fourth-order valence-corrected chi connectivity index (χ4v) is 14.5. The highest BCUT2D eigenvalue weighted by atomic mass is 16.7. The van der Waals surface area contributed by atoms with E-state index in [2.05, 4.69) is 60.7 Å². The first-order valence-electron chi connectivity index (χ1n) is 20.0. The Morgan fingerprint density at radius 1 is 0.917 bits per heavy atom. The Labute approximate surface area is 290 Å². The number of carbonyl (C=O) groups is 1. The molecule has 0 aromatic heterocycles.